The molecule has 0 aliphatic carbocycles. The van der Waals surface area contributed by atoms with E-state index in [1.54, 1.807) is 11.8 Å². The number of β-lactam (4-membered cyclic amide) rings is 1. The molecule has 2 saturated heterocycles. The Morgan fingerprint density at radius 1 is 0.879 bits per heavy atom. The van der Waals surface area contributed by atoms with Gasteiger partial charge < -0.3 is 10.0 Å². The van der Waals surface area contributed by atoms with Crippen molar-refractivity contribution in [2.24, 2.45) is 0 Å². The number of amides is 1. The summed E-state index contributed by atoms with van der Waals surface area (Å²) in [6.45, 7) is 3.80. The van der Waals surface area contributed by atoms with Crippen molar-refractivity contribution in [2.75, 3.05) is 0 Å². The predicted octanol–water partition coefficient (Wildman–Crippen LogP) is 4.08. The van der Waals surface area contributed by atoms with E-state index in [4.69, 9.17) is 0 Å². The van der Waals surface area contributed by atoms with E-state index in [2.05, 4.69) is 41.7 Å². The van der Waals surface area contributed by atoms with Crippen LogP contribution >= 0.6 is 11.8 Å². The molecule has 0 spiro atoms. The third kappa shape index (κ3) is 3.36. The number of thioether (sulfide) groups is 1. The quantitative estimate of drug-likeness (QED) is 0.430. The fraction of sp³-hybridized carbons (Fsp3) is 0.259. The Morgan fingerprint density at radius 2 is 1.30 bits per heavy atom. The Morgan fingerprint density at radius 3 is 1.70 bits per heavy atom. The number of hydrogen-bond donors (Lipinski definition) is 2. The monoisotopic (exact) mass is 458 g/mol. The van der Waals surface area contributed by atoms with Crippen molar-refractivity contribution in [1.82, 2.24) is 10.2 Å². The summed E-state index contributed by atoms with van der Waals surface area (Å²) in [5, 5.41) is 13.3. The standard InChI is InChI=1S/C27H26N2O3S/c1-26(2)22(25(31)32)29-23(30)21(24(29)33-26)28-27(18-12-6-3-7-13-18,19-14-8-4-9-15-19)20-16-10-5-11-17-20/h3-17,21-22,24,28H,1-2H3,(H,31,32)/t21?,22?,24-/m1/s1. The number of fused-ring (bicyclic) bond motifs is 1. The minimum absolute atomic E-state index is 0.169. The summed E-state index contributed by atoms with van der Waals surface area (Å²) in [6.07, 6.45) is 0. The molecule has 3 atom stereocenters. The number of benzene rings is 3. The molecule has 168 valence electrons. The van der Waals surface area contributed by atoms with Crippen molar-refractivity contribution < 1.29 is 14.7 Å². The number of nitrogens with zero attached hydrogens (tertiary/aromatic N) is 1. The number of rotatable bonds is 6. The minimum atomic E-state index is -0.956. The zero-order chi connectivity index (χ0) is 23.2. The van der Waals surface area contributed by atoms with E-state index < -0.39 is 28.3 Å². The highest BCUT2D eigenvalue weighted by molar-refractivity contribution is 8.01. The number of nitrogens with one attached hydrogen (secondary N) is 1. The van der Waals surface area contributed by atoms with Gasteiger partial charge in [-0.1, -0.05) is 91.0 Å². The average Bonchev–Trinajstić information content (AvgIpc) is 3.09. The van der Waals surface area contributed by atoms with Crippen LogP contribution in [0.25, 0.3) is 0 Å². The van der Waals surface area contributed by atoms with Crippen molar-refractivity contribution in [2.45, 2.75) is 41.6 Å². The molecule has 2 unspecified atom stereocenters. The lowest BCUT2D eigenvalue weighted by molar-refractivity contribution is -0.160. The third-order valence-electron chi connectivity index (χ3n) is 6.67. The van der Waals surface area contributed by atoms with Gasteiger partial charge in [-0.05, 0) is 30.5 Å². The maximum atomic E-state index is 13.4. The first-order chi connectivity index (χ1) is 15.9. The molecule has 33 heavy (non-hydrogen) atoms. The van der Waals surface area contributed by atoms with Gasteiger partial charge in [-0.2, -0.15) is 0 Å². The molecule has 1 amide bonds. The lowest BCUT2D eigenvalue weighted by Gasteiger charge is -2.49. The molecule has 6 heteroatoms. The second-order valence-corrected chi connectivity index (χ2v) is 10.8. The largest absolute Gasteiger partial charge is 0.480 e. The lowest BCUT2D eigenvalue weighted by atomic mass is 9.76. The number of carbonyl (C=O) groups excluding carboxylic acids is 1. The highest BCUT2D eigenvalue weighted by Crippen LogP contribution is 2.52. The van der Waals surface area contributed by atoms with Crippen molar-refractivity contribution in [3.05, 3.63) is 108 Å². The van der Waals surface area contributed by atoms with E-state index in [1.807, 2.05) is 68.4 Å². The summed E-state index contributed by atoms with van der Waals surface area (Å²) >= 11 is 1.55. The second kappa shape index (κ2) is 8.04. The molecule has 0 aromatic heterocycles. The first kappa shape index (κ1) is 21.7. The fourth-order valence-electron chi connectivity index (χ4n) is 5.19. The van der Waals surface area contributed by atoms with Crippen LogP contribution in [0.1, 0.15) is 30.5 Å². The van der Waals surface area contributed by atoms with Crippen LogP contribution in [0.4, 0.5) is 0 Å². The summed E-state index contributed by atoms with van der Waals surface area (Å²) in [6, 6.07) is 29.0. The Hall–Kier alpha value is -3.09. The molecule has 2 heterocycles. The molecule has 2 aliphatic rings. The second-order valence-electron chi connectivity index (χ2n) is 9.07. The molecule has 2 N–H and O–H groups in total. The number of carbonyl (C=O) groups is 2. The van der Waals surface area contributed by atoms with Gasteiger partial charge in [0, 0.05) is 4.75 Å². The zero-order valence-corrected chi connectivity index (χ0v) is 19.3. The minimum Gasteiger partial charge on any atom is -0.480 e. The molecule has 2 aliphatic heterocycles. The van der Waals surface area contributed by atoms with Crippen molar-refractivity contribution in [3.63, 3.8) is 0 Å². The lowest BCUT2D eigenvalue weighted by Crippen LogP contribution is -2.72. The molecule has 0 bridgehead atoms. The van der Waals surface area contributed by atoms with Crippen LogP contribution in [-0.2, 0) is 15.1 Å². The van der Waals surface area contributed by atoms with Crippen LogP contribution in [0, 0.1) is 0 Å². The van der Waals surface area contributed by atoms with Crippen LogP contribution in [0.2, 0.25) is 0 Å². The van der Waals surface area contributed by atoms with E-state index in [0.29, 0.717) is 0 Å². The average molecular weight is 459 g/mol. The van der Waals surface area contributed by atoms with E-state index in [0.717, 1.165) is 16.7 Å². The SMILES string of the molecule is CC1(C)S[C@@H]2C(NC(c3ccccc3)(c3ccccc3)c3ccccc3)C(=O)N2C1C(=O)O. The molecule has 5 rings (SSSR count). The van der Waals surface area contributed by atoms with Crippen LogP contribution in [0.3, 0.4) is 0 Å². The van der Waals surface area contributed by atoms with Crippen molar-refractivity contribution in [1.29, 1.82) is 0 Å². The van der Waals surface area contributed by atoms with Crippen LogP contribution in [0.15, 0.2) is 91.0 Å². The molecule has 3 aromatic rings. The van der Waals surface area contributed by atoms with Crippen molar-refractivity contribution >= 4 is 23.6 Å². The first-order valence-corrected chi connectivity index (χ1v) is 11.9. The highest BCUT2D eigenvalue weighted by Gasteiger charge is 2.65. The van der Waals surface area contributed by atoms with Crippen LogP contribution in [-0.4, -0.2) is 44.1 Å². The van der Waals surface area contributed by atoms with Gasteiger partial charge in [0.25, 0.3) is 0 Å². The van der Waals surface area contributed by atoms with E-state index in [1.165, 1.54) is 4.90 Å². The first-order valence-electron chi connectivity index (χ1n) is 11.0. The number of carboxylic acids is 1. The topological polar surface area (TPSA) is 69.6 Å². The summed E-state index contributed by atoms with van der Waals surface area (Å²) in [5.41, 5.74) is 2.28. The smallest absolute Gasteiger partial charge is 0.327 e. The fourth-order valence-corrected chi connectivity index (χ4v) is 6.82. The van der Waals surface area contributed by atoms with Gasteiger partial charge in [0.15, 0.2) is 0 Å². The Balaban J connectivity index is 1.64. The molecular weight excluding hydrogens is 432 g/mol. The van der Waals surface area contributed by atoms with Gasteiger partial charge >= 0.3 is 5.97 Å². The van der Waals surface area contributed by atoms with Crippen LogP contribution in [0.5, 0.6) is 0 Å². The van der Waals surface area contributed by atoms with Gasteiger partial charge in [0.1, 0.15) is 17.5 Å². The van der Waals surface area contributed by atoms with Crippen molar-refractivity contribution in [3.8, 4) is 0 Å². The molecule has 5 nitrogen and oxygen atoms in total. The van der Waals surface area contributed by atoms with Crippen LogP contribution < -0.4 is 5.32 Å². The normalized spacial score (nSPS) is 23.6. The highest BCUT2D eigenvalue weighted by atomic mass is 32.2. The van der Waals surface area contributed by atoms with E-state index in [-0.39, 0.29) is 11.3 Å². The maximum Gasteiger partial charge on any atom is 0.327 e. The Bertz CT molecular complexity index is 1070. The molecule has 2 fully saturated rings. The van der Waals surface area contributed by atoms with Gasteiger partial charge in [0.2, 0.25) is 5.91 Å². The third-order valence-corrected chi connectivity index (χ3v) is 8.24. The number of hydrogen-bond acceptors (Lipinski definition) is 4. The molecular formula is C27H26N2O3S. The predicted molar refractivity (Wildman–Crippen MR) is 130 cm³/mol. The summed E-state index contributed by atoms with van der Waals surface area (Å²) in [4.78, 5) is 26.9. The summed E-state index contributed by atoms with van der Waals surface area (Å²) in [7, 11) is 0. The molecule has 0 saturated carbocycles. The van der Waals surface area contributed by atoms with Gasteiger partial charge in [-0.25, -0.2) is 4.79 Å². The number of aliphatic carboxylic acids is 1. The Kier molecular flexibility index (Phi) is 5.30. The van der Waals surface area contributed by atoms with E-state index >= 15 is 0 Å². The molecule has 0 radical (unpaired) electrons. The summed E-state index contributed by atoms with van der Waals surface area (Å²) in [5.74, 6) is -1.13. The summed E-state index contributed by atoms with van der Waals surface area (Å²) < 4.78 is -0.572. The van der Waals surface area contributed by atoms with Gasteiger partial charge in [0.05, 0.1) is 5.54 Å². The van der Waals surface area contributed by atoms with Gasteiger partial charge in [-0.3, -0.25) is 10.1 Å². The number of carboxylic acid groups (broad SMARTS) is 1. The van der Waals surface area contributed by atoms with Gasteiger partial charge in [-0.15, -0.1) is 11.8 Å². The maximum absolute atomic E-state index is 13.4. The van der Waals surface area contributed by atoms with E-state index in [9.17, 15) is 14.7 Å². The Labute approximate surface area is 197 Å². The molecule has 3 aromatic carbocycles. The zero-order valence-electron chi connectivity index (χ0n) is 18.5.